The van der Waals surface area contributed by atoms with Crippen molar-refractivity contribution in [2.45, 2.75) is 18.9 Å². The molecule has 35 heavy (non-hydrogen) atoms. The number of nitrogens with one attached hydrogen (secondary N) is 1. The Kier molecular flexibility index (Phi) is 7.62. The van der Waals surface area contributed by atoms with E-state index < -0.39 is 12.3 Å². The number of benzene rings is 3. The van der Waals surface area contributed by atoms with Gasteiger partial charge in [0.15, 0.2) is 0 Å². The van der Waals surface area contributed by atoms with Crippen molar-refractivity contribution in [1.82, 2.24) is 5.32 Å². The molecule has 0 saturated heterocycles. The first-order chi connectivity index (χ1) is 16.9. The normalized spacial score (nSPS) is 14.3. The van der Waals surface area contributed by atoms with Gasteiger partial charge in [0.1, 0.15) is 29.1 Å². The Bertz CT molecular complexity index is 1200. The molecule has 1 aliphatic rings. The molecule has 182 valence electrons. The molecule has 1 aliphatic heterocycles. The summed E-state index contributed by atoms with van der Waals surface area (Å²) in [5, 5.41) is 12.1. The lowest BCUT2D eigenvalue weighted by molar-refractivity contribution is 0.0326. The highest BCUT2D eigenvalue weighted by Crippen LogP contribution is 2.42. The quantitative estimate of drug-likeness (QED) is 0.388. The number of methoxy groups -OCH3 is 1. The molecule has 4 rings (SSSR count). The standard InChI is InChI=1S/C26H24ClNO7/c1-32-18-6-2-16(3-7-18)10-12-28-25(29)17-4-8-19(9-5-17)34-24-15-23-20(14-21(24)27)22(11-13-33-23)35-26(30)31/h2-9,14-15,22H,10-13H2,1H3,(H,28,29)(H,30,31). The molecule has 0 aliphatic carbocycles. The number of carbonyl (C=O) groups excluding carboxylic acids is 1. The smallest absolute Gasteiger partial charge is 0.497 e. The minimum Gasteiger partial charge on any atom is -0.497 e. The number of amides is 1. The molecular weight excluding hydrogens is 474 g/mol. The molecule has 1 atom stereocenters. The average molecular weight is 498 g/mol. The first kappa shape index (κ1) is 24.2. The highest BCUT2D eigenvalue weighted by molar-refractivity contribution is 6.32. The van der Waals surface area contributed by atoms with Gasteiger partial charge in [-0.15, -0.1) is 0 Å². The maximum absolute atomic E-state index is 12.5. The fraction of sp³-hybridized carbons (Fsp3) is 0.231. The molecule has 1 heterocycles. The van der Waals surface area contributed by atoms with Crippen LogP contribution in [-0.4, -0.2) is 37.4 Å². The Hall–Kier alpha value is -3.91. The summed E-state index contributed by atoms with van der Waals surface area (Å²) in [4.78, 5) is 23.4. The van der Waals surface area contributed by atoms with Crippen LogP contribution in [0.1, 0.15) is 34.0 Å². The number of hydrogen-bond donors (Lipinski definition) is 2. The molecule has 0 radical (unpaired) electrons. The van der Waals surface area contributed by atoms with Gasteiger partial charge in [-0.3, -0.25) is 4.79 Å². The Morgan fingerprint density at radius 1 is 1.09 bits per heavy atom. The van der Waals surface area contributed by atoms with Crippen LogP contribution in [0.25, 0.3) is 0 Å². The number of halogens is 1. The predicted molar refractivity (Wildman–Crippen MR) is 129 cm³/mol. The summed E-state index contributed by atoms with van der Waals surface area (Å²) in [6.45, 7) is 0.815. The first-order valence-electron chi connectivity index (χ1n) is 11.0. The van der Waals surface area contributed by atoms with Crippen LogP contribution in [0.4, 0.5) is 4.79 Å². The molecular formula is C26H24ClNO7. The van der Waals surface area contributed by atoms with E-state index in [9.17, 15) is 9.59 Å². The van der Waals surface area contributed by atoms with Gasteiger partial charge in [-0.2, -0.15) is 0 Å². The van der Waals surface area contributed by atoms with Gasteiger partial charge in [0.2, 0.25) is 0 Å². The molecule has 2 N–H and O–H groups in total. The zero-order valence-corrected chi connectivity index (χ0v) is 19.7. The number of fused-ring (bicyclic) bond motifs is 1. The van der Waals surface area contributed by atoms with Crippen LogP contribution in [0.15, 0.2) is 60.7 Å². The van der Waals surface area contributed by atoms with Crippen molar-refractivity contribution in [3.05, 3.63) is 82.4 Å². The lowest BCUT2D eigenvalue weighted by atomic mass is 10.0. The molecule has 1 unspecified atom stereocenters. The molecule has 0 bridgehead atoms. The number of carbonyl (C=O) groups is 2. The van der Waals surface area contributed by atoms with Crippen molar-refractivity contribution in [3.8, 4) is 23.0 Å². The fourth-order valence-corrected chi connectivity index (χ4v) is 3.91. The molecule has 8 nitrogen and oxygen atoms in total. The van der Waals surface area contributed by atoms with Crippen LogP contribution in [0.5, 0.6) is 23.0 Å². The van der Waals surface area contributed by atoms with E-state index in [1.54, 1.807) is 43.5 Å². The highest BCUT2D eigenvalue weighted by atomic mass is 35.5. The van der Waals surface area contributed by atoms with Crippen molar-refractivity contribution in [2.75, 3.05) is 20.3 Å². The highest BCUT2D eigenvalue weighted by Gasteiger charge is 2.27. The molecule has 1 amide bonds. The van der Waals surface area contributed by atoms with Gasteiger partial charge in [0.25, 0.3) is 5.91 Å². The Morgan fingerprint density at radius 3 is 2.49 bits per heavy atom. The van der Waals surface area contributed by atoms with E-state index in [2.05, 4.69) is 5.32 Å². The minimum absolute atomic E-state index is 0.185. The molecule has 0 spiro atoms. The monoisotopic (exact) mass is 497 g/mol. The fourth-order valence-electron chi connectivity index (χ4n) is 3.70. The third-order valence-electron chi connectivity index (χ3n) is 5.49. The van der Waals surface area contributed by atoms with Crippen LogP contribution < -0.4 is 19.5 Å². The topological polar surface area (TPSA) is 103 Å². The van der Waals surface area contributed by atoms with Crippen LogP contribution in [0.3, 0.4) is 0 Å². The van der Waals surface area contributed by atoms with Crippen LogP contribution in [-0.2, 0) is 11.2 Å². The summed E-state index contributed by atoms with van der Waals surface area (Å²) in [7, 11) is 1.62. The maximum atomic E-state index is 12.5. The third-order valence-corrected chi connectivity index (χ3v) is 5.79. The van der Waals surface area contributed by atoms with E-state index in [4.69, 9.17) is 35.7 Å². The van der Waals surface area contributed by atoms with Crippen LogP contribution in [0.2, 0.25) is 5.02 Å². The largest absolute Gasteiger partial charge is 0.506 e. The van der Waals surface area contributed by atoms with E-state index >= 15 is 0 Å². The number of hydrogen-bond acceptors (Lipinski definition) is 6. The van der Waals surface area contributed by atoms with Crippen molar-refractivity contribution < 1.29 is 33.6 Å². The SMILES string of the molecule is COc1ccc(CCNC(=O)c2ccc(Oc3cc4c(cc3Cl)C(OC(=O)O)CCO4)cc2)cc1. The van der Waals surface area contributed by atoms with Crippen molar-refractivity contribution in [3.63, 3.8) is 0 Å². The number of rotatable bonds is 8. The van der Waals surface area contributed by atoms with Crippen molar-refractivity contribution >= 4 is 23.7 Å². The van der Waals surface area contributed by atoms with E-state index in [0.717, 1.165) is 11.3 Å². The van der Waals surface area contributed by atoms with Gasteiger partial charge in [-0.05, 0) is 54.4 Å². The van der Waals surface area contributed by atoms with E-state index in [1.807, 2.05) is 24.3 Å². The predicted octanol–water partition coefficient (Wildman–Crippen LogP) is 5.63. The van der Waals surface area contributed by atoms with Gasteiger partial charge in [0.05, 0.1) is 18.7 Å². The summed E-state index contributed by atoms with van der Waals surface area (Å²) in [5.41, 5.74) is 2.15. The van der Waals surface area contributed by atoms with E-state index in [1.165, 1.54) is 0 Å². The molecule has 0 saturated carbocycles. The molecule has 0 fully saturated rings. The second kappa shape index (κ2) is 11.0. The van der Waals surface area contributed by atoms with Gasteiger partial charge < -0.3 is 29.4 Å². The Balaban J connectivity index is 1.35. The van der Waals surface area contributed by atoms with Gasteiger partial charge in [-0.25, -0.2) is 4.79 Å². The Labute approximate surface area is 207 Å². The lowest BCUT2D eigenvalue weighted by Gasteiger charge is -2.25. The molecule has 0 aromatic heterocycles. The minimum atomic E-state index is -1.36. The van der Waals surface area contributed by atoms with Crippen molar-refractivity contribution in [1.29, 1.82) is 0 Å². The summed E-state index contributed by atoms with van der Waals surface area (Å²) < 4.78 is 21.6. The molecule has 3 aromatic carbocycles. The second-order valence-corrected chi connectivity index (χ2v) is 8.22. The molecule has 9 heteroatoms. The average Bonchev–Trinajstić information content (AvgIpc) is 2.85. The second-order valence-electron chi connectivity index (χ2n) is 7.81. The van der Waals surface area contributed by atoms with Gasteiger partial charge in [0, 0.05) is 30.2 Å². The third kappa shape index (κ3) is 6.16. The molecule has 3 aromatic rings. The number of ether oxygens (including phenoxy) is 4. The van der Waals surface area contributed by atoms with Crippen LogP contribution in [0, 0.1) is 0 Å². The van der Waals surface area contributed by atoms with Gasteiger partial charge >= 0.3 is 6.16 Å². The maximum Gasteiger partial charge on any atom is 0.506 e. The van der Waals surface area contributed by atoms with Crippen molar-refractivity contribution in [2.24, 2.45) is 0 Å². The summed E-state index contributed by atoms with van der Waals surface area (Å²) >= 11 is 6.36. The van der Waals surface area contributed by atoms with E-state index in [-0.39, 0.29) is 10.9 Å². The summed E-state index contributed by atoms with van der Waals surface area (Å²) in [6.07, 6.45) is -0.900. The van der Waals surface area contributed by atoms with E-state index in [0.29, 0.717) is 54.4 Å². The lowest BCUT2D eigenvalue weighted by Crippen LogP contribution is -2.25. The zero-order chi connectivity index (χ0) is 24.8. The summed E-state index contributed by atoms with van der Waals surface area (Å²) in [6, 6.07) is 17.6. The first-order valence-corrected chi connectivity index (χ1v) is 11.4. The Morgan fingerprint density at radius 2 is 1.80 bits per heavy atom. The number of carboxylic acid groups (broad SMARTS) is 1. The van der Waals surface area contributed by atoms with Crippen LogP contribution >= 0.6 is 11.6 Å². The zero-order valence-electron chi connectivity index (χ0n) is 19.0. The summed E-state index contributed by atoms with van der Waals surface area (Å²) in [5.74, 6) is 1.89. The van der Waals surface area contributed by atoms with Gasteiger partial charge in [-0.1, -0.05) is 23.7 Å².